The van der Waals surface area contributed by atoms with E-state index in [1.807, 2.05) is 0 Å². The first-order valence-electron chi connectivity index (χ1n) is 5.73. The van der Waals surface area contributed by atoms with Crippen LogP contribution in [0, 0.1) is 11.7 Å². The highest BCUT2D eigenvalue weighted by Crippen LogP contribution is 2.32. The van der Waals surface area contributed by atoms with Crippen LogP contribution in [-0.2, 0) is 6.42 Å². The second-order valence-electron chi connectivity index (χ2n) is 4.57. The van der Waals surface area contributed by atoms with Crippen LogP contribution in [0.4, 0.5) is 4.39 Å². The van der Waals surface area contributed by atoms with Crippen LogP contribution < -0.4 is 0 Å². The van der Waals surface area contributed by atoms with Crippen LogP contribution in [0.15, 0.2) is 18.2 Å². The third-order valence-electron chi connectivity index (χ3n) is 3.24. The number of hydrogen-bond donors (Lipinski definition) is 0. The molecule has 0 radical (unpaired) electrons. The summed E-state index contributed by atoms with van der Waals surface area (Å²) in [5.74, 6) is 0.326. The van der Waals surface area contributed by atoms with E-state index in [4.69, 9.17) is 23.2 Å². The summed E-state index contributed by atoms with van der Waals surface area (Å²) in [5.41, 5.74) is 1.04. The zero-order valence-electron chi connectivity index (χ0n) is 9.06. The van der Waals surface area contributed by atoms with E-state index in [9.17, 15) is 4.39 Å². The molecule has 2 rings (SSSR count). The van der Waals surface area contributed by atoms with Crippen molar-refractivity contribution in [1.29, 1.82) is 0 Å². The van der Waals surface area contributed by atoms with Gasteiger partial charge in [-0.15, -0.1) is 11.6 Å². The highest BCUT2D eigenvalue weighted by Gasteiger charge is 2.21. The van der Waals surface area contributed by atoms with Crippen LogP contribution in [0.2, 0.25) is 5.02 Å². The van der Waals surface area contributed by atoms with Crippen molar-refractivity contribution in [2.75, 3.05) is 0 Å². The molecule has 1 aliphatic carbocycles. The lowest BCUT2D eigenvalue weighted by atomic mass is 9.84. The van der Waals surface area contributed by atoms with Crippen LogP contribution in [-0.4, -0.2) is 5.38 Å². The topological polar surface area (TPSA) is 0 Å². The molecule has 2 unspecified atom stereocenters. The van der Waals surface area contributed by atoms with E-state index in [1.54, 1.807) is 6.07 Å². The smallest absolute Gasteiger partial charge is 0.124 e. The van der Waals surface area contributed by atoms with Crippen molar-refractivity contribution in [2.45, 2.75) is 37.5 Å². The molecule has 3 heteroatoms. The maximum absolute atomic E-state index is 12.9. The summed E-state index contributed by atoms with van der Waals surface area (Å²) >= 11 is 12.2. The summed E-state index contributed by atoms with van der Waals surface area (Å²) in [7, 11) is 0. The van der Waals surface area contributed by atoms with Crippen molar-refractivity contribution < 1.29 is 4.39 Å². The van der Waals surface area contributed by atoms with Gasteiger partial charge in [-0.3, -0.25) is 0 Å². The monoisotopic (exact) mass is 260 g/mol. The van der Waals surface area contributed by atoms with Gasteiger partial charge in [0.05, 0.1) is 0 Å². The summed E-state index contributed by atoms with van der Waals surface area (Å²) in [5, 5.41) is 0.842. The van der Waals surface area contributed by atoms with Gasteiger partial charge in [-0.1, -0.05) is 30.5 Å². The van der Waals surface area contributed by atoms with Crippen LogP contribution >= 0.6 is 23.2 Å². The minimum absolute atomic E-state index is 0.271. The van der Waals surface area contributed by atoms with E-state index in [0.717, 1.165) is 24.8 Å². The molecule has 0 nitrogen and oxygen atoms in total. The summed E-state index contributed by atoms with van der Waals surface area (Å²) in [6.07, 6.45) is 5.49. The first kappa shape index (κ1) is 12.2. The molecule has 0 bridgehead atoms. The second-order valence-corrected chi connectivity index (χ2v) is 5.59. The molecule has 0 N–H and O–H groups in total. The van der Waals surface area contributed by atoms with Gasteiger partial charge in [0.2, 0.25) is 0 Å². The van der Waals surface area contributed by atoms with E-state index in [0.29, 0.717) is 16.3 Å². The van der Waals surface area contributed by atoms with Gasteiger partial charge in [0, 0.05) is 10.4 Å². The molecule has 2 atom stereocenters. The molecule has 0 amide bonds. The molecule has 1 fully saturated rings. The van der Waals surface area contributed by atoms with Crippen LogP contribution in [0.25, 0.3) is 0 Å². The number of halogens is 3. The summed E-state index contributed by atoms with van der Waals surface area (Å²) in [6, 6.07) is 4.65. The summed E-state index contributed by atoms with van der Waals surface area (Å²) in [4.78, 5) is 0. The second kappa shape index (κ2) is 5.37. The molecule has 1 aromatic rings. The Morgan fingerprint density at radius 3 is 2.81 bits per heavy atom. The fourth-order valence-corrected chi connectivity index (χ4v) is 3.06. The lowest BCUT2D eigenvalue weighted by molar-refractivity contribution is 0.361. The summed E-state index contributed by atoms with van der Waals surface area (Å²) in [6.45, 7) is 0. The zero-order chi connectivity index (χ0) is 11.5. The standard InChI is InChI=1S/C13H15Cl2F/c14-11-3-1-2-9(7-11)6-10-4-5-12(16)8-13(10)15/h4-5,8-9,11H,1-3,6-7H2. The molecular formula is C13H15Cl2F. The van der Waals surface area contributed by atoms with Crippen molar-refractivity contribution in [3.05, 3.63) is 34.6 Å². The average Bonchev–Trinajstić information content (AvgIpc) is 2.22. The van der Waals surface area contributed by atoms with E-state index in [1.165, 1.54) is 25.0 Å². The van der Waals surface area contributed by atoms with Gasteiger partial charge in [0.1, 0.15) is 5.82 Å². The van der Waals surface area contributed by atoms with Crippen LogP contribution in [0.5, 0.6) is 0 Å². The van der Waals surface area contributed by atoms with Gasteiger partial charge in [0.15, 0.2) is 0 Å². The first-order chi connectivity index (χ1) is 7.65. The molecule has 0 aromatic heterocycles. The van der Waals surface area contributed by atoms with E-state index >= 15 is 0 Å². The highest BCUT2D eigenvalue weighted by molar-refractivity contribution is 6.31. The van der Waals surface area contributed by atoms with Crippen LogP contribution in [0.3, 0.4) is 0 Å². The maximum atomic E-state index is 12.9. The summed E-state index contributed by atoms with van der Waals surface area (Å²) < 4.78 is 12.9. The van der Waals surface area contributed by atoms with Gasteiger partial charge in [-0.2, -0.15) is 0 Å². The first-order valence-corrected chi connectivity index (χ1v) is 6.54. The minimum atomic E-state index is -0.271. The quantitative estimate of drug-likeness (QED) is 0.669. The molecule has 0 spiro atoms. The number of rotatable bonds is 2. The molecular weight excluding hydrogens is 246 g/mol. The molecule has 0 heterocycles. The Hall–Kier alpha value is -0.270. The Labute approximate surface area is 106 Å². The van der Waals surface area contributed by atoms with Crippen molar-refractivity contribution in [3.8, 4) is 0 Å². The Bertz CT molecular complexity index is 365. The van der Waals surface area contributed by atoms with Gasteiger partial charge in [-0.05, 0) is 42.9 Å². The molecule has 0 saturated heterocycles. The Kier molecular flexibility index (Phi) is 4.10. The molecule has 1 aromatic carbocycles. The maximum Gasteiger partial charge on any atom is 0.124 e. The Balaban J connectivity index is 2.02. The Morgan fingerprint density at radius 1 is 1.31 bits per heavy atom. The lowest BCUT2D eigenvalue weighted by Crippen LogP contribution is -2.17. The lowest BCUT2D eigenvalue weighted by Gasteiger charge is -2.25. The minimum Gasteiger partial charge on any atom is -0.207 e. The fourth-order valence-electron chi connectivity index (χ4n) is 2.41. The predicted molar refractivity (Wildman–Crippen MR) is 66.7 cm³/mol. The van der Waals surface area contributed by atoms with Crippen molar-refractivity contribution in [3.63, 3.8) is 0 Å². The van der Waals surface area contributed by atoms with Gasteiger partial charge in [-0.25, -0.2) is 4.39 Å². The number of hydrogen-bond acceptors (Lipinski definition) is 0. The SMILES string of the molecule is Fc1ccc(CC2CCCC(Cl)C2)c(Cl)c1. The van der Waals surface area contributed by atoms with Gasteiger partial charge in [0.25, 0.3) is 0 Å². The molecule has 16 heavy (non-hydrogen) atoms. The Morgan fingerprint density at radius 2 is 2.12 bits per heavy atom. The van der Waals surface area contributed by atoms with Crippen molar-refractivity contribution >= 4 is 23.2 Å². The molecule has 0 aliphatic heterocycles. The third-order valence-corrected chi connectivity index (χ3v) is 3.99. The van der Waals surface area contributed by atoms with Gasteiger partial charge >= 0.3 is 0 Å². The molecule has 1 aliphatic rings. The van der Waals surface area contributed by atoms with Crippen molar-refractivity contribution in [2.24, 2.45) is 5.92 Å². The van der Waals surface area contributed by atoms with E-state index in [2.05, 4.69) is 0 Å². The highest BCUT2D eigenvalue weighted by atomic mass is 35.5. The fraction of sp³-hybridized carbons (Fsp3) is 0.538. The average molecular weight is 261 g/mol. The van der Waals surface area contributed by atoms with E-state index < -0.39 is 0 Å². The normalized spacial score (nSPS) is 25.7. The number of benzene rings is 1. The third kappa shape index (κ3) is 3.11. The predicted octanol–water partition coefficient (Wildman–Crippen LogP) is 4.82. The zero-order valence-corrected chi connectivity index (χ0v) is 10.6. The number of alkyl halides is 1. The van der Waals surface area contributed by atoms with Gasteiger partial charge < -0.3 is 0 Å². The largest absolute Gasteiger partial charge is 0.207 e. The van der Waals surface area contributed by atoms with Crippen molar-refractivity contribution in [1.82, 2.24) is 0 Å². The molecule has 88 valence electrons. The van der Waals surface area contributed by atoms with Crippen LogP contribution in [0.1, 0.15) is 31.2 Å². The molecule has 1 saturated carbocycles. The van der Waals surface area contributed by atoms with E-state index in [-0.39, 0.29) is 5.82 Å².